The third-order valence-electron chi connectivity index (χ3n) is 3.50. The van der Waals surface area contributed by atoms with E-state index in [1.165, 1.54) is 44.1 Å². The molecule has 1 aromatic rings. The molecule has 1 fully saturated rings. The van der Waals surface area contributed by atoms with Crippen LogP contribution in [0.25, 0.3) is 0 Å². The van der Waals surface area contributed by atoms with Crippen LogP contribution < -0.4 is 0 Å². The maximum Gasteiger partial charge on any atom is 0.171 e. The largest absolute Gasteiger partial charge is 0.302 e. The summed E-state index contributed by atoms with van der Waals surface area (Å²) in [5.41, 5.74) is 1.29. The van der Waals surface area contributed by atoms with Crippen LogP contribution in [0.4, 0.5) is 0 Å². The molecule has 4 heteroatoms. The fraction of sp³-hybridized carbons (Fsp3) is 0.538. The smallest absolute Gasteiger partial charge is 0.171 e. The summed E-state index contributed by atoms with van der Waals surface area (Å²) in [4.78, 5) is 0.352. The molecule has 0 bridgehead atoms. The summed E-state index contributed by atoms with van der Waals surface area (Å²) < 4.78 is 20.6. The van der Waals surface area contributed by atoms with Gasteiger partial charge in [-0.05, 0) is 36.5 Å². The van der Waals surface area contributed by atoms with Gasteiger partial charge in [0, 0.05) is 11.2 Å². The Labute approximate surface area is 108 Å². The summed E-state index contributed by atoms with van der Waals surface area (Å²) in [6.07, 6.45) is 7.74. The van der Waals surface area contributed by atoms with E-state index in [1.807, 2.05) is 12.1 Å². The van der Waals surface area contributed by atoms with Crippen molar-refractivity contribution in [2.45, 2.75) is 49.3 Å². The molecular weight excluding hydrogens is 252 g/mol. The van der Waals surface area contributed by atoms with Crippen molar-refractivity contribution in [3.63, 3.8) is 0 Å². The fourth-order valence-electron chi connectivity index (χ4n) is 2.52. The molecule has 0 radical (unpaired) electrons. The maximum absolute atomic E-state index is 11.3. The van der Waals surface area contributed by atoms with Gasteiger partial charge in [-0.25, -0.2) is 4.21 Å². The van der Waals surface area contributed by atoms with Crippen molar-refractivity contribution in [3.05, 3.63) is 29.8 Å². The molecule has 1 aliphatic rings. The summed E-state index contributed by atoms with van der Waals surface area (Å²) in [6.45, 7) is 0. The third kappa shape index (κ3) is 3.50. The minimum Gasteiger partial charge on any atom is -0.302 e. The summed E-state index contributed by atoms with van der Waals surface area (Å²) >= 11 is 4.56. The molecule has 1 aromatic carbocycles. The van der Waals surface area contributed by atoms with Gasteiger partial charge in [-0.3, -0.25) is 0 Å². The van der Waals surface area contributed by atoms with Crippen molar-refractivity contribution in [2.75, 3.05) is 0 Å². The Morgan fingerprint density at radius 2 is 1.59 bits per heavy atom. The molecule has 0 spiro atoms. The zero-order valence-corrected chi connectivity index (χ0v) is 11.4. The van der Waals surface area contributed by atoms with Crippen LogP contribution >= 0.6 is 0 Å². The van der Waals surface area contributed by atoms with E-state index in [1.54, 1.807) is 12.1 Å². The lowest BCUT2D eigenvalue weighted by Gasteiger charge is -2.14. The highest BCUT2D eigenvalue weighted by molar-refractivity contribution is 8.29. The van der Waals surface area contributed by atoms with Crippen LogP contribution in [0.5, 0.6) is 0 Å². The van der Waals surface area contributed by atoms with E-state index >= 15 is 0 Å². The van der Waals surface area contributed by atoms with E-state index in [0.29, 0.717) is 10.8 Å². The normalized spacial score (nSPS) is 21.7. The number of hydrogen-bond acceptors (Lipinski definition) is 2. The van der Waals surface area contributed by atoms with E-state index in [9.17, 15) is 8.76 Å². The van der Waals surface area contributed by atoms with E-state index in [2.05, 4.69) is 11.2 Å². The highest BCUT2D eigenvalue weighted by atomic mass is 32.8. The quantitative estimate of drug-likeness (QED) is 0.833. The van der Waals surface area contributed by atoms with Crippen LogP contribution in [0.2, 0.25) is 0 Å². The van der Waals surface area contributed by atoms with Gasteiger partial charge in [0.15, 0.2) is 8.77 Å². The summed E-state index contributed by atoms with van der Waals surface area (Å²) in [7, 11) is -3.22. The van der Waals surface area contributed by atoms with Crippen molar-refractivity contribution in [1.82, 2.24) is 0 Å². The molecule has 1 unspecified atom stereocenters. The molecule has 0 saturated heterocycles. The van der Waals surface area contributed by atoms with Crippen LogP contribution in [0.15, 0.2) is 29.2 Å². The highest BCUT2D eigenvalue weighted by Crippen LogP contribution is 2.31. The van der Waals surface area contributed by atoms with Gasteiger partial charge in [-0.15, -0.1) is 0 Å². The van der Waals surface area contributed by atoms with Crippen molar-refractivity contribution in [3.8, 4) is 0 Å². The molecule has 0 amide bonds. The predicted molar refractivity (Wildman–Crippen MR) is 73.3 cm³/mol. The SMILES string of the molecule is O=S(O)(=S)c1ccc(C2CCCCCC2)cc1. The second-order valence-corrected chi connectivity index (χ2v) is 7.51. The van der Waals surface area contributed by atoms with Gasteiger partial charge >= 0.3 is 0 Å². The average Bonchev–Trinajstić information content (AvgIpc) is 2.56. The van der Waals surface area contributed by atoms with Gasteiger partial charge in [-0.2, -0.15) is 0 Å². The van der Waals surface area contributed by atoms with Crippen molar-refractivity contribution >= 4 is 20.0 Å². The van der Waals surface area contributed by atoms with E-state index in [-0.39, 0.29) is 0 Å². The van der Waals surface area contributed by atoms with Crippen LogP contribution in [-0.4, -0.2) is 8.76 Å². The third-order valence-corrected chi connectivity index (χ3v) is 4.95. The van der Waals surface area contributed by atoms with Gasteiger partial charge in [-0.1, -0.05) is 37.8 Å². The molecule has 94 valence electrons. The monoisotopic (exact) mass is 270 g/mol. The summed E-state index contributed by atoms with van der Waals surface area (Å²) in [5, 5.41) is 0. The van der Waals surface area contributed by atoms with Crippen molar-refractivity contribution in [2.24, 2.45) is 0 Å². The van der Waals surface area contributed by atoms with Crippen LogP contribution in [0.3, 0.4) is 0 Å². The Bertz CT molecular complexity index is 455. The van der Waals surface area contributed by atoms with Crippen molar-refractivity contribution < 1.29 is 8.76 Å². The number of rotatable bonds is 2. The molecule has 2 rings (SSSR count). The molecule has 17 heavy (non-hydrogen) atoms. The average molecular weight is 270 g/mol. The first-order chi connectivity index (χ1) is 8.07. The van der Waals surface area contributed by atoms with Crippen LogP contribution in [0, 0.1) is 0 Å². The zero-order chi connectivity index (χ0) is 12.3. The maximum atomic E-state index is 11.3. The fourth-order valence-corrected chi connectivity index (χ4v) is 3.34. The van der Waals surface area contributed by atoms with E-state index in [0.717, 1.165) is 0 Å². The van der Waals surface area contributed by atoms with Gasteiger partial charge in [0.05, 0.1) is 4.90 Å². The minimum absolute atomic E-state index is 0.352. The molecule has 0 heterocycles. The second-order valence-electron chi connectivity index (χ2n) is 4.73. The molecule has 0 aliphatic heterocycles. The Morgan fingerprint density at radius 1 is 1.06 bits per heavy atom. The van der Waals surface area contributed by atoms with Crippen molar-refractivity contribution in [1.29, 1.82) is 0 Å². The Hall–Kier alpha value is -0.450. The number of hydrogen-bond donors (Lipinski definition) is 1. The molecule has 1 aliphatic carbocycles. The Balaban J connectivity index is 2.17. The van der Waals surface area contributed by atoms with Gasteiger partial charge in [0.2, 0.25) is 0 Å². The Morgan fingerprint density at radius 3 is 2.06 bits per heavy atom. The predicted octanol–water partition coefficient (Wildman–Crippen LogP) is 3.70. The lowest BCUT2D eigenvalue weighted by Crippen LogP contribution is -2.00. The minimum atomic E-state index is -3.22. The summed E-state index contributed by atoms with van der Waals surface area (Å²) in [5.74, 6) is 0.617. The van der Waals surface area contributed by atoms with E-state index < -0.39 is 8.77 Å². The molecule has 1 N–H and O–H groups in total. The molecule has 2 nitrogen and oxygen atoms in total. The van der Waals surface area contributed by atoms with Gasteiger partial charge in [0.25, 0.3) is 0 Å². The first-order valence-corrected chi connectivity index (χ1v) is 8.59. The molecule has 1 saturated carbocycles. The first kappa shape index (κ1) is 13.0. The van der Waals surface area contributed by atoms with Crippen LogP contribution in [0.1, 0.15) is 50.0 Å². The molecule has 0 aromatic heterocycles. The molecular formula is C13H18O2S2. The zero-order valence-electron chi connectivity index (χ0n) is 9.80. The first-order valence-electron chi connectivity index (χ1n) is 6.15. The lowest BCUT2D eigenvalue weighted by molar-refractivity contribution is 0.561. The molecule has 1 atom stereocenters. The van der Waals surface area contributed by atoms with Gasteiger partial charge < -0.3 is 4.55 Å². The van der Waals surface area contributed by atoms with E-state index in [4.69, 9.17) is 0 Å². The lowest BCUT2D eigenvalue weighted by atomic mass is 9.92. The highest BCUT2D eigenvalue weighted by Gasteiger charge is 2.15. The topological polar surface area (TPSA) is 37.3 Å². The van der Waals surface area contributed by atoms with Crippen LogP contribution in [-0.2, 0) is 20.0 Å². The standard InChI is InChI=1S/C13H18O2S2/c14-17(15,16)13-9-7-12(8-10-13)11-5-3-1-2-4-6-11/h7-11H,1-6H2,(H,14,15,16). The number of benzene rings is 1. The second kappa shape index (κ2) is 5.46. The Kier molecular flexibility index (Phi) is 4.17. The summed E-state index contributed by atoms with van der Waals surface area (Å²) in [6, 6.07) is 7.34. The van der Waals surface area contributed by atoms with Gasteiger partial charge in [0.1, 0.15) is 0 Å².